The van der Waals surface area contributed by atoms with Gasteiger partial charge in [0.05, 0.1) is 33.3 Å². The number of aromatic nitrogens is 11. The van der Waals surface area contributed by atoms with Crippen LogP contribution in [0.3, 0.4) is 0 Å². The molecule has 25 aromatic rings. The van der Waals surface area contributed by atoms with E-state index < -0.39 is 0 Å². The molecule has 9 heterocycles. The van der Waals surface area contributed by atoms with E-state index >= 15 is 0 Å². The zero-order chi connectivity index (χ0) is 79.9. The van der Waals surface area contributed by atoms with Crippen molar-refractivity contribution in [2.45, 2.75) is 0 Å². The Hall–Kier alpha value is -15.9. The fourth-order valence-electron chi connectivity index (χ4n) is 16.8. The normalized spacial score (nSPS) is 11.6. The third-order valence-electron chi connectivity index (χ3n) is 22.5. The van der Waals surface area contributed by atoms with Crippen molar-refractivity contribution in [3.8, 4) is 103 Å². The highest BCUT2D eigenvalue weighted by Gasteiger charge is 2.26. The van der Waals surface area contributed by atoms with Crippen molar-refractivity contribution in [2.24, 2.45) is 0 Å². The van der Waals surface area contributed by atoms with Gasteiger partial charge in [0, 0.05) is 117 Å². The molecule has 12 nitrogen and oxygen atoms in total. The van der Waals surface area contributed by atoms with Crippen molar-refractivity contribution in [2.75, 3.05) is 0 Å². The molecule has 0 N–H and O–H groups in total. The van der Waals surface area contributed by atoms with Crippen LogP contribution in [0.4, 0.5) is 0 Å². The summed E-state index contributed by atoms with van der Waals surface area (Å²) in [6, 6.07) is 131. The van der Waals surface area contributed by atoms with Gasteiger partial charge in [-0.15, -0.1) is 22.7 Å². The second kappa shape index (κ2) is 29.7. The Morgan fingerprint density at radius 2 is 0.488 bits per heavy atom. The van der Waals surface area contributed by atoms with Gasteiger partial charge in [0.2, 0.25) is 0 Å². The largest absolute Gasteiger partial charge is 0.455 e. The predicted molar refractivity (Wildman–Crippen MR) is 500 cm³/mol. The summed E-state index contributed by atoms with van der Waals surface area (Å²) in [6.45, 7) is 0. The van der Waals surface area contributed by atoms with Crippen LogP contribution < -0.4 is 0 Å². The number of nitrogens with zero attached hydrogens (tertiary/aromatic N) is 11. The minimum atomic E-state index is 0.528. The molecule has 9 aromatic heterocycles. The smallest absolute Gasteiger partial charge is 0.183 e. The number of hydrogen-bond acceptors (Lipinski definition) is 14. The topological polar surface area (TPSA) is 155 Å². The van der Waals surface area contributed by atoms with E-state index in [0.717, 1.165) is 154 Å². The molecule has 0 fully saturated rings. The number of fused-ring (bicyclic) bond motifs is 22. The average molecular weight is 1580 g/mol. The molecule has 0 unspecified atom stereocenters. The highest BCUT2D eigenvalue weighted by molar-refractivity contribution is 7.26. The standard InChI is InChI=1S/C38H22N4O.C35H21N3S.C34H20N4S/c1-3-13-23(14-4-1)36-40-37(24-15-5-2-6-16-24)42-38(41-36)33-27-19-9-7-17-25(27)31-26-18-8-10-20-28(26)35-32(34(31)39-33)29-21-11-12-22-30(29)43-35;1-3-11-22(12-4-1)29-20-30(23-13-5-2-6-14-23)38-35(37-29)34-26-17-8-7-15-24(26)27-19-28-25-16-9-10-18-32(25)39-33(28)21-31(27)36-34;1-3-11-21(12-4-1)32-36-33(22-13-5-2-6-14-22)38-34(37-32)31-25-17-8-7-15-23(25)26-19-27-24-16-9-10-18-29(24)39-30(27)20-28(26)35-31/h1-22H;1-21H;1-20H. The Bertz CT molecular complexity index is 7920. The molecule has 25 rings (SSSR count). The molecule has 0 aliphatic carbocycles. The first-order valence-corrected chi connectivity index (χ1v) is 41.7. The Kier molecular flexibility index (Phi) is 17.3. The van der Waals surface area contributed by atoms with Crippen LogP contribution in [0.25, 0.3) is 241 Å². The molecule has 0 spiro atoms. The molecule has 564 valence electrons. The monoisotopic (exact) mass is 1580 g/mol. The Balaban J connectivity index is 0.000000106. The number of para-hydroxylation sites is 1. The summed E-state index contributed by atoms with van der Waals surface area (Å²) in [5, 5.41) is 19.1. The van der Waals surface area contributed by atoms with E-state index in [-0.39, 0.29) is 0 Å². The van der Waals surface area contributed by atoms with Gasteiger partial charge in [0.15, 0.2) is 40.8 Å². The maximum Gasteiger partial charge on any atom is 0.183 e. The van der Waals surface area contributed by atoms with Crippen molar-refractivity contribution in [1.29, 1.82) is 0 Å². The van der Waals surface area contributed by atoms with Crippen LogP contribution in [0.2, 0.25) is 0 Å². The van der Waals surface area contributed by atoms with E-state index in [9.17, 15) is 0 Å². The van der Waals surface area contributed by atoms with Gasteiger partial charge in [0.25, 0.3) is 0 Å². The highest BCUT2D eigenvalue weighted by atomic mass is 32.1. The summed E-state index contributed by atoms with van der Waals surface area (Å²) in [4.78, 5) is 55.8. The van der Waals surface area contributed by atoms with Crippen molar-refractivity contribution >= 4 is 161 Å². The molecule has 0 radical (unpaired) electrons. The first-order valence-electron chi connectivity index (χ1n) is 40.0. The second-order valence-corrected chi connectivity index (χ2v) is 32.0. The van der Waals surface area contributed by atoms with Crippen LogP contribution in [0, 0.1) is 0 Å². The number of thiophene rings is 2. The third kappa shape index (κ3) is 12.6. The Morgan fingerprint density at radius 3 is 0.909 bits per heavy atom. The number of furan rings is 1. The van der Waals surface area contributed by atoms with Gasteiger partial charge >= 0.3 is 0 Å². The molecule has 0 saturated heterocycles. The molecular weight excluding hydrogens is 1520 g/mol. The van der Waals surface area contributed by atoms with Gasteiger partial charge in [-0.05, 0) is 70.1 Å². The van der Waals surface area contributed by atoms with Gasteiger partial charge in [-0.25, -0.2) is 54.8 Å². The summed E-state index contributed by atoms with van der Waals surface area (Å²) in [5.74, 6) is 4.19. The SMILES string of the molecule is c1ccc(-c2cc(-c3ccccc3)nc(-c3nc4cc5sc6ccccc6c5cc4c4ccccc34)n2)cc1.c1ccc(-c2nc(-c3ccccc3)nc(-c3nc4c(c5ccccc35)c3ccccc3c3oc5ccccc5c43)n2)cc1.c1ccc(-c2nc(-c3ccccc3)nc(-c3nc4cc5sc6ccccc6c5cc4c4ccccc34)n2)cc1. The van der Waals surface area contributed by atoms with Crippen LogP contribution in [0.1, 0.15) is 0 Å². The first kappa shape index (κ1) is 70.5. The zero-order valence-corrected chi connectivity index (χ0v) is 66.2. The Labute approximate surface area is 699 Å². The quantitative estimate of drug-likeness (QED) is 0.126. The zero-order valence-electron chi connectivity index (χ0n) is 64.5. The van der Waals surface area contributed by atoms with E-state index in [1.54, 1.807) is 11.3 Å². The van der Waals surface area contributed by atoms with Crippen LogP contribution in [0.15, 0.2) is 387 Å². The Morgan fingerprint density at radius 1 is 0.182 bits per heavy atom. The van der Waals surface area contributed by atoms with E-state index in [1.807, 2.05) is 193 Å². The lowest BCUT2D eigenvalue weighted by molar-refractivity contribution is 0.673. The maximum absolute atomic E-state index is 6.50. The molecule has 0 saturated carbocycles. The van der Waals surface area contributed by atoms with Crippen LogP contribution in [-0.4, -0.2) is 54.8 Å². The summed E-state index contributed by atoms with van der Waals surface area (Å²) in [6.07, 6.45) is 0. The van der Waals surface area contributed by atoms with E-state index in [2.05, 4.69) is 200 Å². The molecule has 0 aliphatic heterocycles. The molecule has 0 bridgehead atoms. The summed E-state index contributed by atoms with van der Waals surface area (Å²) >= 11 is 3.61. The number of pyridine rings is 3. The van der Waals surface area contributed by atoms with Crippen LogP contribution in [-0.2, 0) is 0 Å². The van der Waals surface area contributed by atoms with Gasteiger partial charge in [-0.2, -0.15) is 0 Å². The fourth-order valence-corrected chi connectivity index (χ4v) is 19.1. The van der Waals surface area contributed by atoms with Crippen molar-refractivity contribution in [3.63, 3.8) is 0 Å². The summed E-state index contributed by atoms with van der Waals surface area (Å²) in [7, 11) is 0. The number of benzene rings is 16. The molecule has 16 aromatic carbocycles. The lowest BCUT2D eigenvalue weighted by Gasteiger charge is -2.14. The average Bonchev–Trinajstić information content (AvgIpc) is 1.65. The van der Waals surface area contributed by atoms with E-state index in [0.29, 0.717) is 46.5 Å². The van der Waals surface area contributed by atoms with Crippen molar-refractivity contribution < 1.29 is 4.42 Å². The van der Waals surface area contributed by atoms with Crippen molar-refractivity contribution in [1.82, 2.24) is 54.8 Å². The first-order chi connectivity index (χ1) is 60.0. The molecular formula is C107H63N11OS2. The molecule has 0 atom stereocenters. The van der Waals surface area contributed by atoms with E-state index in [4.69, 9.17) is 59.2 Å². The molecule has 0 amide bonds. The van der Waals surface area contributed by atoms with Crippen LogP contribution >= 0.6 is 22.7 Å². The minimum absolute atomic E-state index is 0.528. The maximum atomic E-state index is 6.50. The van der Waals surface area contributed by atoms with Gasteiger partial charge < -0.3 is 4.42 Å². The minimum Gasteiger partial charge on any atom is -0.455 e. The van der Waals surface area contributed by atoms with Gasteiger partial charge in [0.1, 0.15) is 28.2 Å². The predicted octanol–water partition coefficient (Wildman–Crippen LogP) is 28.1. The lowest BCUT2D eigenvalue weighted by Crippen LogP contribution is -2.02. The fraction of sp³-hybridized carbons (Fsp3) is 0. The third-order valence-corrected chi connectivity index (χ3v) is 24.8. The van der Waals surface area contributed by atoms with E-state index in [1.165, 1.54) is 40.3 Å². The lowest BCUT2D eigenvalue weighted by atomic mass is 9.95. The number of rotatable bonds is 9. The number of hydrogen-bond donors (Lipinski definition) is 0. The van der Waals surface area contributed by atoms with Crippen molar-refractivity contribution in [3.05, 3.63) is 382 Å². The van der Waals surface area contributed by atoms with Gasteiger partial charge in [-0.3, -0.25) is 0 Å². The second-order valence-electron chi connectivity index (χ2n) is 29.8. The summed E-state index contributed by atoms with van der Waals surface area (Å²) in [5.41, 5.74) is 14.3. The van der Waals surface area contributed by atoms with Gasteiger partial charge in [-0.1, -0.05) is 334 Å². The summed E-state index contributed by atoms with van der Waals surface area (Å²) < 4.78 is 11.5. The van der Waals surface area contributed by atoms with Crippen LogP contribution in [0.5, 0.6) is 0 Å². The molecule has 14 heteroatoms. The molecule has 121 heavy (non-hydrogen) atoms. The molecule has 0 aliphatic rings. The highest BCUT2D eigenvalue weighted by Crippen LogP contribution is 2.47.